The predicted molar refractivity (Wildman–Crippen MR) is 113 cm³/mol. The Labute approximate surface area is 172 Å². The molecule has 0 atom stereocenters. The Balaban J connectivity index is 1.45. The van der Waals surface area contributed by atoms with Crippen molar-refractivity contribution in [3.63, 3.8) is 0 Å². The molecular formula is C24H19FN2O3. The number of nitrogens with one attached hydrogen (secondary N) is 1. The number of aromatic nitrogens is 1. The quantitative estimate of drug-likeness (QED) is 0.538. The maximum atomic E-state index is 13.0. The van der Waals surface area contributed by atoms with Crippen molar-refractivity contribution in [3.05, 3.63) is 106 Å². The third kappa shape index (κ3) is 4.07. The number of carbonyl (C=O) groups excluding carboxylic acids is 1. The summed E-state index contributed by atoms with van der Waals surface area (Å²) >= 11 is 0. The van der Waals surface area contributed by atoms with Gasteiger partial charge in [0.25, 0.3) is 11.5 Å². The van der Waals surface area contributed by atoms with Crippen molar-refractivity contribution in [2.45, 2.75) is 6.54 Å². The highest BCUT2D eigenvalue weighted by atomic mass is 19.1. The van der Waals surface area contributed by atoms with Crippen molar-refractivity contribution in [1.29, 1.82) is 0 Å². The highest BCUT2D eigenvalue weighted by Crippen LogP contribution is 2.22. The molecule has 0 saturated carbocycles. The van der Waals surface area contributed by atoms with E-state index in [4.69, 9.17) is 4.74 Å². The van der Waals surface area contributed by atoms with Crippen LogP contribution in [0.5, 0.6) is 11.5 Å². The van der Waals surface area contributed by atoms with Gasteiger partial charge in [0.05, 0.1) is 11.1 Å². The van der Waals surface area contributed by atoms with Crippen LogP contribution in [0.4, 0.5) is 4.39 Å². The van der Waals surface area contributed by atoms with Gasteiger partial charge in [0.1, 0.15) is 17.3 Å². The second-order valence-corrected chi connectivity index (χ2v) is 6.86. The monoisotopic (exact) mass is 402 g/mol. The molecule has 0 aliphatic carbocycles. The summed E-state index contributed by atoms with van der Waals surface area (Å²) in [6, 6.07) is 21.7. The second-order valence-electron chi connectivity index (χ2n) is 6.86. The summed E-state index contributed by atoms with van der Waals surface area (Å²) < 4.78 is 20.2. The van der Waals surface area contributed by atoms with Gasteiger partial charge in [0.15, 0.2) is 0 Å². The molecule has 0 unspecified atom stereocenters. The fraction of sp³-hybridized carbons (Fsp3) is 0.0833. The minimum Gasteiger partial charge on any atom is -0.457 e. The highest BCUT2D eigenvalue weighted by molar-refractivity contribution is 6.06. The standard InChI is InChI=1S/C24H19FN2O3/c1-27-22-5-3-2-4-20(22)21(14-23(27)28)24(29)26-15-16-6-10-18(11-7-16)30-19-12-8-17(25)9-13-19/h2-14H,15H2,1H3,(H,26,29). The number of halogens is 1. The second kappa shape index (κ2) is 8.21. The van der Waals surface area contributed by atoms with E-state index in [1.54, 1.807) is 31.3 Å². The van der Waals surface area contributed by atoms with Gasteiger partial charge in [-0.3, -0.25) is 9.59 Å². The maximum Gasteiger partial charge on any atom is 0.252 e. The third-order valence-corrected chi connectivity index (χ3v) is 4.82. The molecule has 0 fully saturated rings. The van der Waals surface area contributed by atoms with Crippen molar-refractivity contribution < 1.29 is 13.9 Å². The van der Waals surface area contributed by atoms with Crippen molar-refractivity contribution in [2.75, 3.05) is 0 Å². The van der Waals surface area contributed by atoms with E-state index in [1.165, 1.54) is 22.8 Å². The van der Waals surface area contributed by atoms with Gasteiger partial charge in [0.2, 0.25) is 0 Å². The molecule has 1 N–H and O–H groups in total. The fourth-order valence-electron chi connectivity index (χ4n) is 3.19. The number of aryl methyl sites for hydroxylation is 1. The van der Waals surface area contributed by atoms with Gasteiger partial charge in [-0.05, 0) is 48.0 Å². The summed E-state index contributed by atoms with van der Waals surface area (Å²) in [4.78, 5) is 24.9. The Kier molecular flexibility index (Phi) is 5.30. The van der Waals surface area contributed by atoms with E-state index >= 15 is 0 Å². The van der Waals surface area contributed by atoms with Crippen molar-refractivity contribution in [3.8, 4) is 11.5 Å². The van der Waals surface area contributed by atoms with Gasteiger partial charge in [0, 0.05) is 25.0 Å². The Morgan fingerprint density at radius 3 is 2.30 bits per heavy atom. The zero-order valence-electron chi connectivity index (χ0n) is 16.3. The first kappa shape index (κ1) is 19.4. The number of hydrogen-bond acceptors (Lipinski definition) is 3. The first-order chi connectivity index (χ1) is 14.5. The molecule has 1 amide bonds. The van der Waals surface area contributed by atoms with Crippen LogP contribution >= 0.6 is 0 Å². The molecule has 150 valence electrons. The maximum absolute atomic E-state index is 13.0. The number of fused-ring (bicyclic) bond motifs is 1. The van der Waals surface area contributed by atoms with Crippen LogP contribution in [0.2, 0.25) is 0 Å². The van der Waals surface area contributed by atoms with Gasteiger partial charge in [-0.25, -0.2) is 4.39 Å². The van der Waals surface area contributed by atoms with E-state index in [9.17, 15) is 14.0 Å². The lowest BCUT2D eigenvalue weighted by atomic mass is 10.1. The van der Waals surface area contributed by atoms with E-state index in [2.05, 4.69) is 5.32 Å². The van der Waals surface area contributed by atoms with Gasteiger partial charge in [-0.2, -0.15) is 0 Å². The SMILES string of the molecule is Cn1c(=O)cc(C(=O)NCc2ccc(Oc3ccc(F)cc3)cc2)c2ccccc21. The normalized spacial score (nSPS) is 10.7. The molecule has 6 heteroatoms. The van der Waals surface area contributed by atoms with Crippen molar-refractivity contribution in [1.82, 2.24) is 9.88 Å². The first-order valence-electron chi connectivity index (χ1n) is 9.40. The summed E-state index contributed by atoms with van der Waals surface area (Å²) in [7, 11) is 1.68. The largest absolute Gasteiger partial charge is 0.457 e. The highest BCUT2D eigenvalue weighted by Gasteiger charge is 2.13. The average molecular weight is 402 g/mol. The zero-order valence-corrected chi connectivity index (χ0v) is 16.3. The number of rotatable bonds is 5. The van der Waals surface area contributed by atoms with Crippen LogP contribution in [0, 0.1) is 5.82 Å². The molecule has 0 aliphatic heterocycles. The number of benzene rings is 3. The van der Waals surface area contributed by atoms with E-state index in [1.807, 2.05) is 36.4 Å². The summed E-state index contributed by atoms with van der Waals surface area (Å²) in [6.45, 7) is 0.305. The molecule has 0 spiro atoms. The predicted octanol–water partition coefficient (Wildman–Crippen LogP) is 4.40. The molecular weight excluding hydrogens is 383 g/mol. The Hall–Kier alpha value is -3.93. The molecule has 4 aromatic rings. The van der Waals surface area contributed by atoms with Crippen LogP contribution in [0.25, 0.3) is 10.9 Å². The van der Waals surface area contributed by atoms with Crippen LogP contribution in [-0.4, -0.2) is 10.5 Å². The van der Waals surface area contributed by atoms with Crippen LogP contribution in [0.15, 0.2) is 83.7 Å². The summed E-state index contributed by atoms with van der Waals surface area (Å²) in [6.07, 6.45) is 0. The molecule has 1 heterocycles. The van der Waals surface area contributed by atoms with Crippen molar-refractivity contribution in [2.24, 2.45) is 7.05 Å². The molecule has 0 aliphatic rings. The van der Waals surface area contributed by atoms with Gasteiger partial charge >= 0.3 is 0 Å². The Bertz CT molecular complexity index is 1260. The minimum atomic E-state index is -0.322. The number of ether oxygens (including phenoxy) is 1. The van der Waals surface area contributed by atoms with Crippen molar-refractivity contribution >= 4 is 16.8 Å². The zero-order chi connectivity index (χ0) is 21.1. The summed E-state index contributed by atoms with van der Waals surface area (Å²) in [5.41, 5.74) is 1.70. The summed E-state index contributed by atoms with van der Waals surface area (Å²) in [5, 5.41) is 3.58. The number of carbonyl (C=O) groups is 1. The van der Waals surface area contributed by atoms with Gasteiger partial charge in [-0.15, -0.1) is 0 Å². The molecule has 30 heavy (non-hydrogen) atoms. The molecule has 0 bridgehead atoms. The smallest absolute Gasteiger partial charge is 0.252 e. The lowest BCUT2D eigenvalue weighted by molar-refractivity contribution is 0.0952. The minimum absolute atomic E-state index is 0.235. The van der Waals surface area contributed by atoms with E-state index < -0.39 is 0 Å². The number of amides is 1. The van der Waals surface area contributed by atoms with E-state index in [-0.39, 0.29) is 17.3 Å². The van der Waals surface area contributed by atoms with Gasteiger partial charge in [-0.1, -0.05) is 30.3 Å². The fourth-order valence-corrected chi connectivity index (χ4v) is 3.19. The number of nitrogens with zero attached hydrogens (tertiary/aromatic N) is 1. The third-order valence-electron chi connectivity index (χ3n) is 4.82. The molecule has 0 radical (unpaired) electrons. The van der Waals surface area contributed by atoms with E-state index in [0.717, 1.165) is 10.9 Å². The molecule has 5 nitrogen and oxygen atoms in total. The topological polar surface area (TPSA) is 60.3 Å². The van der Waals surface area contributed by atoms with Crippen LogP contribution in [0.1, 0.15) is 15.9 Å². The first-order valence-corrected chi connectivity index (χ1v) is 9.40. The molecule has 0 saturated heterocycles. The molecule has 4 rings (SSSR count). The number of para-hydroxylation sites is 1. The average Bonchev–Trinajstić information content (AvgIpc) is 2.77. The van der Waals surface area contributed by atoms with Crippen LogP contribution < -0.4 is 15.6 Å². The summed E-state index contributed by atoms with van der Waals surface area (Å²) in [5.74, 6) is 0.511. The number of pyridine rings is 1. The van der Waals surface area contributed by atoms with Crippen LogP contribution in [0.3, 0.4) is 0 Å². The lowest BCUT2D eigenvalue weighted by Crippen LogP contribution is -2.26. The van der Waals surface area contributed by atoms with Crippen LogP contribution in [-0.2, 0) is 13.6 Å². The Morgan fingerprint density at radius 1 is 0.967 bits per heavy atom. The van der Waals surface area contributed by atoms with Gasteiger partial charge < -0.3 is 14.6 Å². The Morgan fingerprint density at radius 2 is 1.60 bits per heavy atom. The lowest BCUT2D eigenvalue weighted by Gasteiger charge is -2.11. The molecule has 1 aromatic heterocycles. The molecule has 3 aromatic carbocycles. The number of hydrogen-bond donors (Lipinski definition) is 1. The van der Waals surface area contributed by atoms with E-state index in [0.29, 0.717) is 29.1 Å².